The zero-order valence-corrected chi connectivity index (χ0v) is 18.6. The van der Waals surface area contributed by atoms with Gasteiger partial charge >= 0.3 is 5.97 Å². The summed E-state index contributed by atoms with van der Waals surface area (Å²) in [6.45, 7) is 3.77. The molecule has 3 heterocycles. The lowest BCUT2D eigenvalue weighted by Crippen LogP contribution is -2.44. The number of aliphatic hydroxyl groups excluding tert-OH is 1. The van der Waals surface area contributed by atoms with E-state index >= 15 is 0 Å². The summed E-state index contributed by atoms with van der Waals surface area (Å²) >= 11 is 0. The number of carbonyl (C=O) groups excluding carboxylic acids is 2. The van der Waals surface area contributed by atoms with Crippen LogP contribution < -0.4 is 5.32 Å². The molecule has 4 rings (SSSR count). The summed E-state index contributed by atoms with van der Waals surface area (Å²) in [4.78, 5) is 39.3. The first-order valence-corrected chi connectivity index (χ1v) is 10.9. The number of hydrogen-bond acceptors (Lipinski definition) is 8. The molecule has 0 bridgehead atoms. The number of rotatable bonds is 6. The van der Waals surface area contributed by atoms with Crippen LogP contribution in [-0.2, 0) is 19.1 Å². The number of nitrogens with zero attached hydrogens (tertiary/aromatic N) is 2. The number of allylic oxidation sites excluding steroid dienone is 1. The van der Waals surface area contributed by atoms with E-state index < -0.39 is 28.7 Å². The Balaban J connectivity index is 1.72. The number of amides is 1. The standard InChI is InChI=1S/C23H27N3O7/c1-14-17(22(29)33-13-23-8-4-10-25(23)11-5-9-23)18(19(20(27)24-14)21(28)32-2)15-6-3-7-16(12-15)26(30)31/h3,6-7,12,18,28H,4-5,8-11,13H2,1-2H3,(H,24,27). The largest absolute Gasteiger partial charge is 0.481 e. The summed E-state index contributed by atoms with van der Waals surface area (Å²) in [6, 6.07) is 5.62. The van der Waals surface area contributed by atoms with Crippen molar-refractivity contribution < 1.29 is 29.1 Å². The van der Waals surface area contributed by atoms with Gasteiger partial charge < -0.3 is 19.9 Å². The highest BCUT2D eigenvalue weighted by atomic mass is 16.6. The van der Waals surface area contributed by atoms with Crippen LogP contribution in [0.3, 0.4) is 0 Å². The zero-order chi connectivity index (χ0) is 23.8. The van der Waals surface area contributed by atoms with Crippen molar-refractivity contribution in [1.29, 1.82) is 0 Å². The number of non-ortho nitro benzene ring substituents is 1. The molecule has 2 saturated heterocycles. The summed E-state index contributed by atoms with van der Waals surface area (Å²) in [7, 11) is 1.19. The van der Waals surface area contributed by atoms with Gasteiger partial charge in [0.25, 0.3) is 17.5 Å². The number of esters is 1. The van der Waals surface area contributed by atoms with Crippen molar-refractivity contribution in [2.45, 2.75) is 44.1 Å². The fraction of sp³-hybridized carbons (Fsp3) is 0.478. The summed E-state index contributed by atoms with van der Waals surface area (Å²) in [5.41, 5.74) is 0.0965. The summed E-state index contributed by atoms with van der Waals surface area (Å²) in [5, 5.41) is 24.3. The highest BCUT2D eigenvalue weighted by molar-refractivity contribution is 6.04. The van der Waals surface area contributed by atoms with Gasteiger partial charge in [0, 0.05) is 17.8 Å². The maximum atomic E-state index is 13.4. The Morgan fingerprint density at radius 3 is 2.67 bits per heavy atom. The van der Waals surface area contributed by atoms with E-state index in [1.165, 1.54) is 25.3 Å². The quantitative estimate of drug-likeness (QED) is 0.219. The predicted molar refractivity (Wildman–Crippen MR) is 117 cm³/mol. The number of hydrogen-bond donors (Lipinski definition) is 2. The fourth-order valence-electron chi connectivity index (χ4n) is 5.29. The normalized spacial score (nSPS) is 23.7. The molecule has 10 nitrogen and oxygen atoms in total. The molecule has 3 aliphatic heterocycles. The summed E-state index contributed by atoms with van der Waals surface area (Å²) in [5.74, 6) is -3.06. The minimum Gasteiger partial charge on any atom is -0.481 e. The highest BCUT2D eigenvalue weighted by Gasteiger charge is 2.46. The first kappa shape index (κ1) is 22.8. The number of nitro groups is 1. The third-order valence-electron chi connectivity index (χ3n) is 6.87. The number of fused-ring (bicyclic) bond motifs is 1. The second-order valence-electron chi connectivity index (χ2n) is 8.70. The number of nitro benzene ring substituents is 1. The van der Waals surface area contributed by atoms with Gasteiger partial charge in [0.15, 0.2) is 0 Å². The average molecular weight is 457 g/mol. The molecule has 1 aromatic carbocycles. The fourth-order valence-corrected chi connectivity index (χ4v) is 5.29. The molecule has 0 spiro atoms. The maximum absolute atomic E-state index is 13.4. The van der Waals surface area contributed by atoms with Crippen LogP contribution in [0.4, 0.5) is 5.69 Å². The van der Waals surface area contributed by atoms with Crippen LogP contribution in [0.5, 0.6) is 0 Å². The Kier molecular flexibility index (Phi) is 6.11. The number of methoxy groups -OCH3 is 1. The molecule has 0 saturated carbocycles. The van der Waals surface area contributed by atoms with Gasteiger partial charge in [0.2, 0.25) is 0 Å². The molecule has 176 valence electrons. The second-order valence-corrected chi connectivity index (χ2v) is 8.70. The Morgan fingerprint density at radius 1 is 1.33 bits per heavy atom. The molecular formula is C23H27N3O7. The van der Waals surface area contributed by atoms with Gasteiger partial charge in [-0.2, -0.15) is 0 Å². The van der Waals surface area contributed by atoms with E-state index in [0.717, 1.165) is 38.8 Å². The molecule has 1 unspecified atom stereocenters. The first-order chi connectivity index (χ1) is 15.8. The third kappa shape index (κ3) is 4.06. The van der Waals surface area contributed by atoms with Gasteiger partial charge in [-0.15, -0.1) is 0 Å². The van der Waals surface area contributed by atoms with Crippen LogP contribution in [0.2, 0.25) is 0 Å². The van der Waals surface area contributed by atoms with Crippen molar-refractivity contribution in [3.63, 3.8) is 0 Å². The number of benzene rings is 1. The third-order valence-corrected chi connectivity index (χ3v) is 6.87. The van der Waals surface area contributed by atoms with Crippen LogP contribution in [0.1, 0.15) is 44.1 Å². The zero-order valence-electron chi connectivity index (χ0n) is 18.6. The molecule has 3 aliphatic rings. The molecule has 1 aromatic rings. The average Bonchev–Trinajstić information content (AvgIpc) is 3.37. The lowest BCUT2D eigenvalue weighted by molar-refractivity contribution is -0.384. The van der Waals surface area contributed by atoms with E-state index in [-0.39, 0.29) is 34.7 Å². The van der Waals surface area contributed by atoms with Crippen molar-refractivity contribution in [3.8, 4) is 0 Å². The number of aliphatic hydroxyl groups is 1. The van der Waals surface area contributed by atoms with Crippen LogP contribution in [0.25, 0.3) is 0 Å². The van der Waals surface area contributed by atoms with E-state index in [2.05, 4.69) is 10.2 Å². The molecular weight excluding hydrogens is 430 g/mol. The summed E-state index contributed by atoms with van der Waals surface area (Å²) < 4.78 is 10.7. The number of carbonyl (C=O) groups is 2. The van der Waals surface area contributed by atoms with Gasteiger partial charge in [0.05, 0.1) is 29.1 Å². The van der Waals surface area contributed by atoms with Gasteiger partial charge in [-0.3, -0.25) is 19.8 Å². The second kappa shape index (κ2) is 8.86. The van der Waals surface area contributed by atoms with Crippen LogP contribution in [-0.4, -0.2) is 59.2 Å². The Morgan fingerprint density at radius 2 is 2.03 bits per heavy atom. The van der Waals surface area contributed by atoms with Crippen LogP contribution in [0, 0.1) is 10.1 Å². The summed E-state index contributed by atoms with van der Waals surface area (Å²) in [6.07, 6.45) is 4.03. The Bertz CT molecular complexity index is 1050. The number of ether oxygens (including phenoxy) is 2. The lowest BCUT2D eigenvalue weighted by atomic mass is 9.80. The van der Waals surface area contributed by atoms with E-state index in [4.69, 9.17) is 9.47 Å². The van der Waals surface area contributed by atoms with Gasteiger partial charge in [-0.25, -0.2) is 4.79 Å². The number of nitrogens with one attached hydrogen (secondary N) is 1. The minimum absolute atomic E-state index is 0.104. The minimum atomic E-state index is -1.09. The molecule has 33 heavy (non-hydrogen) atoms. The lowest BCUT2D eigenvalue weighted by Gasteiger charge is -2.33. The van der Waals surface area contributed by atoms with Crippen molar-refractivity contribution >= 4 is 17.6 Å². The molecule has 2 N–H and O–H groups in total. The van der Waals surface area contributed by atoms with Gasteiger partial charge in [-0.05, 0) is 51.3 Å². The topological polar surface area (TPSA) is 131 Å². The van der Waals surface area contributed by atoms with Crippen molar-refractivity contribution in [2.75, 3.05) is 26.8 Å². The molecule has 2 fully saturated rings. The Labute approximate surface area is 191 Å². The van der Waals surface area contributed by atoms with Gasteiger partial charge in [-0.1, -0.05) is 12.1 Å². The molecule has 0 aliphatic carbocycles. The molecule has 0 aromatic heterocycles. The van der Waals surface area contributed by atoms with Crippen LogP contribution in [0.15, 0.2) is 47.1 Å². The highest BCUT2D eigenvalue weighted by Crippen LogP contribution is 2.42. The van der Waals surface area contributed by atoms with E-state index in [0.29, 0.717) is 5.56 Å². The SMILES string of the molecule is COC(O)=C1C(=O)NC(C)=C(C(=O)OCC23CCCN2CCC3)C1c1cccc([N+](=O)[O-])c1. The Hall–Kier alpha value is -3.40. The van der Waals surface area contributed by atoms with Crippen molar-refractivity contribution in [3.05, 3.63) is 62.7 Å². The monoisotopic (exact) mass is 457 g/mol. The van der Waals surface area contributed by atoms with Gasteiger partial charge in [0.1, 0.15) is 12.2 Å². The molecule has 1 atom stereocenters. The molecule has 1 amide bonds. The maximum Gasteiger partial charge on any atom is 0.336 e. The van der Waals surface area contributed by atoms with E-state index in [1.807, 2.05) is 0 Å². The smallest absolute Gasteiger partial charge is 0.336 e. The van der Waals surface area contributed by atoms with E-state index in [9.17, 15) is 24.8 Å². The molecule has 10 heteroatoms. The van der Waals surface area contributed by atoms with Crippen LogP contribution >= 0.6 is 0 Å². The van der Waals surface area contributed by atoms with Crippen molar-refractivity contribution in [2.24, 2.45) is 0 Å². The first-order valence-electron chi connectivity index (χ1n) is 10.9. The van der Waals surface area contributed by atoms with E-state index in [1.54, 1.807) is 13.0 Å². The molecule has 0 radical (unpaired) electrons. The van der Waals surface area contributed by atoms with Crippen molar-refractivity contribution in [1.82, 2.24) is 10.2 Å². The predicted octanol–water partition coefficient (Wildman–Crippen LogP) is 2.67.